The standard InChI is InChI=1S/2C16H26N2O3/c1-11(2)8-14(16(20)21)18-10-13(6-7-17(4)5)9-12(3)15(18)19;1-6-21-16(20)14(9-12(2)3)18-11-13(10-17(4)5)7-8-15(18)19/h9-11,14H,6-8H2,1-5H3,(H,20,21);7-8,11-12,14H,6,9-10H2,1-5H3. The second-order valence-electron chi connectivity index (χ2n) is 12.2. The highest BCUT2D eigenvalue weighted by Gasteiger charge is 2.24. The first-order valence-electron chi connectivity index (χ1n) is 14.7. The fourth-order valence-corrected chi connectivity index (χ4v) is 4.58. The zero-order valence-corrected chi connectivity index (χ0v) is 27.2. The normalized spacial score (nSPS) is 12.8. The number of aliphatic carboxylic acids is 1. The molecule has 10 nitrogen and oxygen atoms in total. The number of hydrogen-bond acceptors (Lipinski definition) is 7. The number of aryl methyl sites for hydroxylation is 1. The lowest BCUT2D eigenvalue weighted by atomic mass is 10.0. The number of carboxylic acid groups (broad SMARTS) is 1. The minimum atomic E-state index is -0.949. The Labute approximate surface area is 250 Å². The largest absolute Gasteiger partial charge is 0.480 e. The summed E-state index contributed by atoms with van der Waals surface area (Å²) >= 11 is 0. The summed E-state index contributed by atoms with van der Waals surface area (Å²) in [5, 5.41) is 9.43. The van der Waals surface area contributed by atoms with Crippen LogP contribution in [-0.2, 0) is 27.3 Å². The Hall–Kier alpha value is -3.24. The monoisotopic (exact) mass is 588 g/mol. The van der Waals surface area contributed by atoms with E-state index < -0.39 is 18.1 Å². The number of carbonyl (C=O) groups excluding carboxylic acids is 1. The van der Waals surface area contributed by atoms with Crippen LogP contribution in [0.4, 0.5) is 0 Å². The summed E-state index contributed by atoms with van der Waals surface area (Å²) in [4.78, 5) is 52.2. The lowest BCUT2D eigenvalue weighted by Gasteiger charge is -2.21. The molecule has 42 heavy (non-hydrogen) atoms. The van der Waals surface area contributed by atoms with E-state index in [1.54, 1.807) is 32.3 Å². The van der Waals surface area contributed by atoms with Gasteiger partial charge in [0.1, 0.15) is 12.1 Å². The SMILES string of the molecule is CCOC(=O)C(CC(C)C)n1cc(CN(C)C)ccc1=O.Cc1cc(CCN(C)C)cn(C(CC(C)C)C(=O)O)c1=O. The van der Waals surface area contributed by atoms with E-state index in [0.717, 1.165) is 30.6 Å². The minimum Gasteiger partial charge on any atom is -0.480 e. The van der Waals surface area contributed by atoms with E-state index >= 15 is 0 Å². The molecule has 2 aromatic heterocycles. The minimum absolute atomic E-state index is 0.170. The van der Waals surface area contributed by atoms with Gasteiger partial charge < -0.3 is 28.8 Å². The maximum atomic E-state index is 12.3. The predicted molar refractivity (Wildman–Crippen MR) is 167 cm³/mol. The van der Waals surface area contributed by atoms with Gasteiger partial charge in [0.05, 0.1) is 6.61 Å². The fraction of sp³-hybridized carbons (Fsp3) is 0.625. The average molecular weight is 589 g/mol. The molecule has 0 aliphatic carbocycles. The molecule has 0 spiro atoms. The molecule has 0 aliphatic rings. The number of likely N-dealkylation sites (N-methyl/N-ethyl adjacent to an activating group) is 1. The van der Waals surface area contributed by atoms with Crippen molar-refractivity contribution in [3.8, 4) is 0 Å². The smallest absolute Gasteiger partial charge is 0.329 e. The van der Waals surface area contributed by atoms with Crippen molar-refractivity contribution < 1.29 is 19.4 Å². The number of pyridine rings is 2. The number of carboxylic acids is 1. The third-order valence-corrected chi connectivity index (χ3v) is 6.53. The van der Waals surface area contributed by atoms with Crippen molar-refractivity contribution in [2.24, 2.45) is 11.8 Å². The molecule has 2 unspecified atom stereocenters. The molecule has 0 radical (unpaired) electrons. The maximum Gasteiger partial charge on any atom is 0.329 e. The van der Waals surface area contributed by atoms with E-state index in [0.29, 0.717) is 30.9 Å². The van der Waals surface area contributed by atoms with E-state index in [4.69, 9.17) is 4.74 Å². The van der Waals surface area contributed by atoms with Crippen LogP contribution in [0.3, 0.4) is 0 Å². The van der Waals surface area contributed by atoms with Crippen LogP contribution in [0.15, 0.2) is 40.2 Å². The summed E-state index contributed by atoms with van der Waals surface area (Å²) in [6.45, 7) is 13.4. The molecule has 0 amide bonds. The molecule has 0 aliphatic heterocycles. The van der Waals surface area contributed by atoms with Crippen molar-refractivity contribution in [1.82, 2.24) is 18.9 Å². The first-order valence-corrected chi connectivity index (χ1v) is 14.7. The third kappa shape index (κ3) is 12.3. The zero-order chi connectivity index (χ0) is 32.1. The number of ether oxygens (including phenoxy) is 1. The van der Waals surface area contributed by atoms with Crippen LogP contribution in [0.5, 0.6) is 0 Å². The number of esters is 1. The van der Waals surface area contributed by atoms with E-state index in [-0.39, 0.29) is 23.0 Å². The summed E-state index contributed by atoms with van der Waals surface area (Å²) in [5.41, 5.74) is 2.21. The Bertz CT molecular complexity index is 1260. The van der Waals surface area contributed by atoms with Crippen LogP contribution in [0.25, 0.3) is 0 Å². The highest BCUT2D eigenvalue weighted by atomic mass is 16.5. The summed E-state index contributed by atoms with van der Waals surface area (Å²) in [7, 11) is 7.90. The van der Waals surface area contributed by atoms with Crippen LogP contribution < -0.4 is 11.1 Å². The molecular weight excluding hydrogens is 536 g/mol. The summed E-state index contributed by atoms with van der Waals surface area (Å²) in [6, 6.07) is 3.83. The topological polar surface area (TPSA) is 114 Å². The Morgan fingerprint density at radius 1 is 0.881 bits per heavy atom. The van der Waals surface area contributed by atoms with Crippen molar-refractivity contribution in [3.63, 3.8) is 0 Å². The van der Waals surface area contributed by atoms with Crippen molar-refractivity contribution in [2.75, 3.05) is 41.3 Å². The second kappa shape index (κ2) is 17.7. The van der Waals surface area contributed by atoms with Gasteiger partial charge in [-0.2, -0.15) is 0 Å². The van der Waals surface area contributed by atoms with E-state index in [1.807, 2.05) is 66.9 Å². The van der Waals surface area contributed by atoms with Gasteiger partial charge in [0.2, 0.25) is 0 Å². The van der Waals surface area contributed by atoms with Crippen LogP contribution in [-0.4, -0.2) is 77.3 Å². The molecule has 0 aromatic carbocycles. The lowest BCUT2D eigenvalue weighted by molar-refractivity contribution is -0.147. The second-order valence-corrected chi connectivity index (χ2v) is 12.2. The molecule has 10 heteroatoms. The van der Waals surface area contributed by atoms with E-state index in [9.17, 15) is 24.3 Å². The van der Waals surface area contributed by atoms with Gasteiger partial charge in [-0.05, 0) is 90.3 Å². The van der Waals surface area contributed by atoms with Crippen molar-refractivity contribution in [3.05, 3.63) is 68.0 Å². The molecule has 2 rings (SSSR count). The molecule has 2 aromatic rings. The van der Waals surface area contributed by atoms with Crippen LogP contribution in [0.2, 0.25) is 0 Å². The highest BCUT2D eigenvalue weighted by Crippen LogP contribution is 2.19. The molecule has 2 atom stereocenters. The van der Waals surface area contributed by atoms with E-state index in [1.165, 1.54) is 15.2 Å². The Balaban J connectivity index is 0.000000420. The Kier molecular flexibility index (Phi) is 15.5. The molecule has 0 saturated carbocycles. The number of hydrogen-bond donors (Lipinski definition) is 1. The van der Waals surface area contributed by atoms with Crippen LogP contribution >= 0.6 is 0 Å². The Morgan fingerprint density at radius 2 is 1.45 bits per heavy atom. The van der Waals surface area contributed by atoms with Gasteiger partial charge in [-0.1, -0.05) is 33.8 Å². The zero-order valence-electron chi connectivity index (χ0n) is 27.2. The molecule has 1 N–H and O–H groups in total. The number of aromatic nitrogens is 2. The molecule has 236 valence electrons. The summed E-state index contributed by atoms with van der Waals surface area (Å²) < 4.78 is 8.03. The van der Waals surface area contributed by atoms with Gasteiger partial charge in [0.15, 0.2) is 0 Å². The molecule has 0 saturated heterocycles. The van der Waals surface area contributed by atoms with E-state index in [2.05, 4.69) is 4.90 Å². The van der Waals surface area contributed by atoms with Crippen molar-refractivity contribution in [1.29, 1.82) is 0 Å². The third-order valence-electron chi connectivity index (χ3n) is 6.53. The molecule has 0 fully saturated rings. The van der Waals surface area contributed by atoms with Gasteiger partial charge in [-0.3, -0.25) is 9.59 Å². The van der Waals surface area contributed by atoms with Crippen molar-refractivity contribution in [2.45, 2.75) is 79.4 Å². The Morgan fingerprint density at radius 3 is 1.95 bits per heavy atom. The van der Waals surface area contributed by atoms with Gasteiger partial charge in [0, 0.05) is 37.1 Å². The predicted octanol–water partition coefficient (Wildman–Crippen LogP) is 3.99. The average Bonchev–Trinajstić information content (AvgIpc) is 2.87. The molecule has 0 bridgehead atoms. The molecule has 2 heterocycles. The van der Waals surface area contributed by atoms with Crippen LogP contribution in [0.1, 0.15) is 76.2 Å². The number of nitrogens with zero attached hydrogens (tertiary/aromatic N) is 4. The lowest BCUT2D eigenvalue weighted by Crippen LogP contribution is -2.32. The van der Waals surface area contributed by atoms with Gasteiger partial charge in [-0.15, -0.1) is 0 Å². The van der Waals surface area contributed by atoms with Gasteiger partial charge >= 0.3 is 11.9 Å². The molecular formula is C32H52N4O6. The number of carbonyl (C=O) groups is 2. The van der Waals surface area contributed by atoms with Gasteiger partial charge in [0.25, 0.3) is 11.1 Å². The number of rotatable bonds is 14. The maximum absolute atomic E-state index is 12.3. The fourth-order valence-electron chi connectivity index (χ4n) is 4.58. The van der Waals surface area contributed by atoms with Crippen LogP contribution in [0, 0.1) is 18.8 Å². The first-order chi connectivity index (χ1) is 19.6. The van der Waals surface area contributed by atoms with Gasteiger partial charge in [-0.25, -0.2) is 9.59 Å². The quantitative estimate of drug-likeness (QED) is 0.330. The summed E-state index contributed by atoms with van der Waals surface area (Å²) in [6.07, 6.45) is 5.31. The van der Waals surface area contributed by atoms with Crippen molar-refractivity contribution >= 4 is 11.9 Å². The highest BCUT2D eigenvalue weighted by molar-refractivity contribution is 5.74. The summed E-state index contributed by atoms with van der Waals surface area (Å²) in [5.74, 6) is -0.780. The first kappa shape index (κ1) is 36.8.